The number of hydrogen-bond donors (Lipinski definition) is 1. The quantitative estimate of drug-likeness (QED) is 0.918. The Hall–Kier alpha value is -2.17. The van der Waals surface area contributed by atoms with Crippen LogP contribution in [-0.2, 0) is 11.3 Å². The largest absolute Gasteiger partial charge is 0.324 e. The number of nitrogens with one attached hydrogen (secondary N) is 1. The van der Waals surface area contributed by atoms with Crippen molar-refractivity contribution >= 4 is 11.6 Å². The van der Waals surface area contributed by atoms with Crippen LogP contribution in [0.4, 0.5) is 5.69 Å². The summed E-state index contributed by atoms with van der Waals surface area (Å²) in [5, 5.41) is 7.01. The van der Waals surface area contributed by atoms with Crippen molar-refractivity contribution in [3.63, 3.8) is 0 Å². The molecule has 21 heavy (non-hydrogen) atoms. The van der Waals surface area contributed by atoms with Crippen LogP contribution in [0.5, 0.6) is 0 Å². The number of carbonyl (C=O) groups excluding carboxylic acids is 1. The summed E-state index contributed by atoms with van der Waals surface area (Å²) in [7, 11) is 0. The zero-order valence-corrected chi connectivity index (χ0v) is 13.0. The predicted octanol–water partition coefficient (Wildman–Crippen LogP) is 3.16. The SMILES string of the molecule is CC(C)c1cccc(C(C)C)c1NC(=O)Cn1cncn1. The van der Waals surface area contributed by atoms with Crippen LogP contribution in [0.25, 0.3) is 0 Å². The zero-order chi connectivity index (χ0) is 15.4. The maximum Gasteiger partial charge on any atom is 0.246 e. The molecular weight excluding hydrogens is 264 g/mol. The van der Waals surface area contributed by atoms with Crippen LogP contribution in [0.2, 0.25) is 0 Å². The molecule has 2 aromatic rings. The average molecular weight is 286 g/mol. The lowest BCUT2D eigenvalue weighted by molar-refractivity contribution is -0.116. The van der Waals surface area contributed by atoms with Crippen molar-refractivity contribution in [2.75, 3.05) is 5.32 Å². The van der Waals surface area contributed by atoms with Gasteiger partial charge >= 0.3 is 0 Å². The molecule has 1 aromatic carbocycles. The van der Waals surface area contributed by atoms with E-state index >= 15 is 0 Å². The van der Waals surface area contributed by atoms with Gasteiger partial charge in [-0.15, -0.1) is 0 Å². The molecule has 0 saturated heterocycles. The molecule has 1 heterocycles. The van der Waals surface area contributed by atoms with Gasteiger partial charge in [0, 0.05) is 5.69 Å². The second-order valence-corrected chi connectivity index (χ2v) is 5.76. The van der Waals surface area contributed by atoms with E-state index in [-0.39, 0.29) is 12.5 Å². The lowest BCUT2D eigenvalue weighted by Gasteiger charge is -2.20. The Balaban J connectivity index is 2.26. The van der Waals surface area contributed by atoms with Gasteiger partial charge in [0.15, 0.2) is 0 Å². The van der Waals surface area contributed by atoms with E-state index in [1.165, 1.54) is 17.3 Å². The number of hydrogen-bond acceptors (Lipinski definition) is 3. The zero-order valence-electron chi connectivity index (χ0n) is 13.0. The monoisotopic (exact) mass is 286 g/mol. The lowest BCUT2D eigenvalue weighted by atomic mass is 9.92. The Kier molecular flexibility index (Phi) is 4.73. The molecule has 5 nitrogen and oxygen atoms in total. The number of anilines is 1. The first kappa shape index (κ1) is 15.2. The van der Waals surface area contributed by atoms with Crippen LogP contribution in [0.1, 0.15) is 50.7 Å². The van der Waals surface area contributed by atoms with Crippen molar-refractivity contribution in [2.45, 2.75) is 46.1 Å². The van der Waals surface area contributed by atoms with E-state index in [4.69, 9.17) is 0 Å². The third kappa shape index (κ3) is 3.68. The van der Waals surface area contributed by atoms with Crippen LogP contribution in [0, 0.1) is 0 Å². The molecule has 0 aliphatic rings. The molecule has 0 fully saturated rings. The summed E-state index contributed by atoms with van der Waals surface area (Å²) < 4.78 is 1.52. The summed E-state index contributed by atoms with van der Waals surface area (Å²) in [6.07, 6.45) is 2.96. The normalized spacial score (nSPS) is 11.1. The average Bonchev–Trinajstić information content (AvgIpc) is 2.91. The van der Waals surface area contributed by atoms with Gasteiger partial charge in [-0.2, -0.15) is 5.10 Å². The van der Waals surface area contributed by atoms with Gasteiger partial charge in [0.05, 0.1) is 0 Å². The van der Waals surface area contributed by atoms with Gasteiger partial charge in [-0.25, -0.2) is 9.67 Å². The van der Waals surface area contributed by atoms with Crippen LogP contribution < -0.4 is 5.32 Å². The Labute approximate surface area is 125 Å². The van der Waals surface area contributed by atoms with E-state index in [0.717, 1.165) is 16.8 Å². The summed E-state index contributed by atoms with van der Waals surface area (Å²) in [5.41, 5.74) is 3.26. The van der Waals surface area contributed by atoms with Crippen molar-refractivity contribution in [3.8, 4) is 0 Å². The number of nitrogens with zero attached hydrogens (tertiary/aromatic N) is 3. The van der Waals surface area contributed by atoms with Gasteiger partial charge in [-0.3, -0.25) is 4.79 Å². The van der Waals surface area contributed by atoms with Crippen LogP contribution in [0.15, 0.2) is 30.9 Å². The molecule has 1 aromatic heterocycles. The molecule has 1 N–H and O–H groups in total. The topological polar surface area (TPSA) is 59.8 Å². The van der Waals surface area contributed by atoms with Gasteiger partial charge in [-0.1, -0.05) is 45.9 Å². The summed E-state index contributed by atoms with van der Waals surface area (Å²) in [4.78, 5) is 16.1. The summed E-state index contributed by atoms with van der Waals surface area (Å²) in [6, 6.07) is 6.20. The molecule has 0 spiro atoms. The van der Waals surface area contributed by atoms with E-state index in [2.05, 4.69) is 61.3 Å². The molecule has 5 heteroatoms. The first-order valence-corrected chi connectivity index (χ1v) is 7.24. The number of benzene rings is 1. The number of amides is 1. The second-order valence-electron chi connectivity index (χ2n) is 5.76. The highest BCUT2D eigenvalue weighted by Gasteiger charge is 2.16. The van der Waals surface area contributed by atoms with E-state index in [0.29, 0.717) is 11.8 Å². The van der Waals surface area contributed by atoms with E-state index in [1.807, 2.05) is 0 Å². The molecule has 0 aliphatic carbocycles. The molecule has 0 atom stereocenters. The van der Waals surface area contributed by atoms with Gasteiger partial charge < -0.3 is 5.32 Å². The highest BCUT2D eigenvalue weighted by molar-refractivity contribution is 5.92. The minimum atomic E-state index is -0.0875. The molecule has 1 amide bonds. The third-order valence-corrected chi connectivity index (χ3v) is 3.41. The van der Waals surface area contributed by atoms with Crippen molar-refractivity contribution < 1.29 is 4.79 Å². The van der Waals surface area contributed by atoms with Crippen molar-refractivity contribution in [3.05, 3.63) is 42.0 Å². The Morgan fingerprint density at radius 1 is 1.19 bits per heavy atom. The molecule has 2 rings (SSSR count). The van der Waals surface area contributed by atoms with Gasteiger partial charge in [0.1, 0.15) is 19.2 Å². The van der Waals surface area contributed by atoms with Crippen LogP contribution in [-0.4, -0.2) is 20.7 Å². The maximum atomic E-state index is 12.2. The van der Waals surface area contributed by atoms with Gasteiger partial charge in [0.25, 0.3) is 0 Å². The molecule has 0 aliphatic heterocycles. The predicted molar refractivity (Wildman–Crippen MR) is 83.3 cm³/mol. The fourth-order valence-electron chi connectivity index (χ4n) is 2.34. The Morgan fingerprint density at radius 2 is 1.81 bits per heavy atom. The Bertz CT molecular complexity index is 576. The van der Waals surface area contributed by atoms with E-state index in [9.17, 15) is 4.79 Å². The number of para-hydroxylation sites is 1. The molecule has 0 radical (unpaired) electrons. The number of carbonyl (C=O) groups is 1. The van der Waals surface area contributed by atoms with Crippen LogP contribution >= 0.6 is 0 Å². The van der Waals surface area contributed by atoms with Gasteiger partial charge in [0.2, 0.25) is 5.91 Å². The number of aromatic nitrogens is 3. The van der Waals surface area contributed by atoms with Crippen molar-refractivity contribution in [1.29, 1.82) is 0 Å². The van der Waals surface area contributed by atoms with Crippen molar-refractivity contribution in [1.82, 2.24) is 14.8 Å². The van der Waals surface area contributed by atoms with E-state index < -0.39 is 0 Å². The molecule has 0 bridgehead atoms. The molecule has 0 saturated carbocycles. The first-order chi connectivity index (χ1) is 9.99. The van der Waals surface area contributed by atoms with Gasteiger partial charge in [-0.05, 0) is 23.0 Å². The lowest BCUT2D eigenvalue weighted by Crippen LogP contribution is -2.21. The minimum absolute atomic E-state index is 0.0875. The van der Waals surface area contributed by atoms with Crippen molar-refractivity contribution in [2.24, 2.45) is 0 Å². The minimum Gasteiger partial charge on any atom is -0.324 e. The summed E-state index contributed by atoms with van der Waals surface area (Å²) in [6.45, 7) is 8.70. The summed E-state index contributed by atoms with van der Waals surface area (Å²) in [5.74, 6) is 0.617. The highest BCUT2D eigenvalue weighted by Crippen LogP contribution is 2.32. The van der Waals surface area contributed by atoms with E-state index in [1.54, 1.807) is 0 Å². The second kappa shape index (κ2) is 6.52. The molecule has 0 unspecified atom stereocenters. The summed E-state index contributed by atoms with van der Waals surface area (Å²) >= 11 is 0. The smallest absolute Gasteiger partial charge is 0.246 e. The fourth-order valence-corrected chi connectivity index (χ4v) is 2.34. The standard InChI is InChI=1S/C16H22N4O/c1-11(2)13-6-5-7-14(12(3)4)16(13)19-15(21)8-20-10-17-9-18-20/h5-7,9-12H,8H2,1-4H3,(H,19,21). The fraction of sp³-hybridized carbons (Fsp3) is 0.438. The first-order valence-electron chi connectivity index (χ1n) is 7.24. The number of rotatable bonds is 5. The highest BCUT2D eigenvalue weighted by atomic mass is 16.2. The molecule has 112 valence electrons. The third-order valence-electron chi connectivity index (χ3n) is 3.41. The molecular formula is C16H22N4O. The Morgan fingerprint density at radius 3 is 2.29 bits per heavy atom. The maximum absolute atomic E-state index is 12.2. The van der Waals surface area contributed by atoms with Crippen LogP contribution in [0.3, 0.4) is 0 Å².